The molecule has 1 saturated heterocycles. The molecule has 112 valence electrons. The third-order valence-electron chi connectivity index (χ3n) is 5.15. The lowest BCUT2D eigenvalue weighted by Gasteiger charge is -2.36. The van der Waals surface area contributed by atoms with Gasteiger partial charge in [0.05, 0.1) is 0 Å². The molecule has 1 aliphatic carbocycles. The van der Waals surface area contributed by atoms with Crippen molar-refractivity contribution in [3.63, 3.8) is 0 Å². The van der Waals surface area contributed by atoms with E-state index in [1.54, 1.807) is 0 Å². The van der Waals surface area contributed by atoms with Gasteiger partial charge in [-0.1, -0.05) is 26.2 Å². The fourth-order valence-corrected chi connectivity index (χ4v) is 3.86. The topological polar surface area (TPSA) is 32.5 Å². The standard InChI is InChI=1S/C16H33N3/c1-2-15-6-3-7-16(14-15)19-11-5-10-18(12-13-19)9-4-8-17/h15-16H,2-14,17H2,1H3. The van der Waals surface area contributed by atoms with Gasteiger partial charge >= 0.3 is 0 Å². The van der Waals surface area contributed by atoms with Crippen LogP contribution in [-0.4, -0.2) is 55.1 Å². The van der Waals surface area contributed by atoms with Crippen molar-refractivity contribution in [1.29, 1.82) is 0 Å². The number of nitrogens with two attached hydrogens (primary N) is 1. The molecule has 2 unspecified atom stereocenters. The minimum Gasteiger partial charge on any atom is -0.330 e. The molecule has 2 aliphatic rings. The van der Waals surface area contributed by atoms with Gasteiger partial charge in [0.15, 0.2) is 0 Å². The number of nitrogens with zero attached hydrogens (tertiary/aromatic N) is 2. The Balaban J connectivity index is 1.78. The lowest BCUT2D eigenvalue weighted by molar-refractivity contribution is 0.131. The molecule has 0 bridgehead atoms. The first-order valence-electron chi connectivity index (χ1n) is 8.50. The molecule has 0 aromatic rings. The molecule has 0 amide bonds. The van der Waals surface area contributed by atoms with E-state index in [0.29, 0.717) is 0 Å². The second-order valence-corrected chi connectivity index (χ2v) is 6.47. The molecule has 2 N–H and O–H groups in total. The Kier molecular flexibility index (Phi) is 6.62. The Morgan fingerprint density at radius 1 is 1.05 bits per heavy atom. The largest absolute Gasteiger partial charge is 0.330 e. The van der Waals surface area contributed by atoms with Gasteiger partial charge in [-0.15, -0.1) is 0 Å². The van der Waals surface area contributed by atoms with Crippen molar-refractivity contribution in [2.75, 3.05) is 39.3 Å². The van der Waals surface area contributed by atoms with Crippen LogP contribution >= 0.6 is 0 Å². The Morgan fingerprint density at radius 2 is 1.95 bits per heavy atom. The third kappa shape index (κ3) is 4.73. The zero-order chi connectivity index (χ0) is 13.5. The molecular formula is C16H33N3. The number of hydrogen-bond acceptors (Lipinski definition) is 3. The Morgan fingerprint density at radius 3 is 2.74 bits per heavy atom. The number of hydrogen-bond donors (Lipinski definition) is 1. The van der Waals surface area contributed by atoms with E-state index in [4.69, 9.17) is 5.73 Å². The molecule has 2 fully saturated rings. The highest BCUT2D eigenvalue weighted by Gasteiger charge is 2.27. The van der Waals surface area contributed by atoms with Gasteiger partial charge in [-0.3, -0.25) is 4.90 Å². The van der Waals surface area contributed by atoms with Crippen molar-refractivity contribution in [2.24, 2.45) is 11.7 Å². The first-order valence-corrected chi connectivity index (χ1v) is 8.50. The van der Waals surface area contributed by atoms with Gasteiger partial charge in [-0.25, -0.2) is 0 Å². The van der Waals surface area contributed by atoms with Crippen LogP contribution in [0.5, 0.6) is 0 Å². The third-order valence-corrected chi connectivity index (χ3v) is 5.15. The second kappa shape index (κ2) is 8.23. The van der Waals surface area contributed by atoms with Crippen LogP contribution in [0.2, 0.25) is 0 Å². The van der Waals surface area contributed by atoms with Gasteiger partial charge in [0.1, 0.15) is 0 Å². The van der Waals surface area contributed by atoms with Crippen LogP contribution in [0.4, 0.5) is 0 Å². The maximum atomic E-state index is 5.62. The van der Waals surface area contributed by atoms with Crippen LogP contribution in [-0.2, 0) is 0 Å². The summed E-state index contributed by atoms with van der Waals surface area (Å²) in [5, 5.41) is 0. The molecule has 2 atom stereocenters. The lowest BCUT2D eigenvalue weighted by atomic mass is 9.83. The summed E-state index contributed by atoms with van der Waals surface area (Å²) in [5.74, 6) is 0.996. The van der Waals surface area contributed by atoms with Crippen LogP contribution in [0.15, 0.2) is 0 Å². The van der Waals surface area contributed by atoms with Crippen LogP contribution in [0, 0.1) is 5.92 Å². The maximum absolute atomic E-state index is 5.62. The van der Waals surface area contributed by atoms with E-state index in [-0.39, 0.29) is 0 Å². The van der Waals surface area contributed by atoms with E-state index in [9.17, 15) is 0 Å². The highest BCUT2D eigenvalue weighted by Crippen LogP contribution is 2.30. The van der Waals surface area contributed by atoms with E-state index in [1.165, 1.54) is 71.2 Å². The summed E-state index contributed by atoms with van der Waals surface area (Å²) >= 11 is 0. The summed E-state index contributed by atoms with van der Waals surface area (Å²) in [5.41, 5.74) is 5.62. The SMILES string of the molecule is CCC1CCCC(N2CCCN(CCCN)CC2)C1. The molecule has 0 aromatic carbocycles. The van der Waals surface area contributed by atoms with Crippen molar-refractivity contribution < 1.29 is 0 Å². The highest BCUT2D eigenvalue weighted by molar-refractivity contribution is 4.82. The first-order chi connectivity index (χ1) is 9.33. The zero-order valence-electron chi connectivity index (χ0n) is 12.8. The molecule has 1 saturated carbocycles. The maximum Gasteiger partial charge on any atom is 0.0112 e. The van der Waals surface area contributed by atoms with Crippen LogP contribution < -0.4 is 5.73 Å². The van der Waals surface area contributed by atoms with Crippen molar-refractivity contribution in [3.05, 3.63) is 0 Å². The Hall–Kier alpha value is -0.120. The van der Waals surface area contributed by atoms with E-state index in [1.807, 2.05) is 0 Å². The van der Waals surface area contributed by atoms with Gasteiger partial charge in [0.25, 0.3) is 0 Å². The summed E-state index contributed by atoms with van der Waals surface area (Å²) in [7, 11) is 0. The van der Waals surface area contributed by atoms with E-state index in [2.05, 4.69) is 16.7 Å². The smallest absolute Gasteiger partial charge is 0.0112 e. The highest BCUT2D eigenvalue weighted by atomic mass is 15.2. The lowest BCUT2D eigenvalue weighted by Crippen LogP contribution is -2.41. The monoisotopic (exact) mass is 267 g/mol. The molecule has 2 rings (SSSR count). The van der Waals surface area contributed by atoms with Gasteiger partial charge in [0, 0.05) is 19.1 Å². The minimum absolute atomic E-state index is 0.834. The Labute approximate surface area is 119 Å². The van der Waals surface area contributed by atoms with Crippen molar-refractivity contribution in [2.45, 2.75) is 57.9 Å². The molecular weight excluding hydrogens is 234 g/mol. The molecule has 0 aromatic heterocycles. The average molecular weight is 267 g/mol. The van der Waals surface area contributed by atoms with Crippen LogP contribution in [0.3, 0.4) is 0 Å². The molecule has 0 spiro atoms. The second-order valence-electron chi connectivity index (χ2n) is 6.47. The predicted octanol–water partition coefficient (Wildman–Crippen LogP) is 2.31. The van der Waals surface area contributed by atoms with E-state index in [0.717, 1.165) is 24.9 Å². The van der Waals surface area contributed by atoms with Gasteiger partial charge in [-0.2, -0.15) is 0 Å². The number of rotatable bonds is 5. The first kappa shape index (κ1) is 15.3. The zero-order valence-corrected chi connectivity index (χ0v) is 12.8. The van der Waals surface area contributed by atoms with Crippen LogP contribution in [0.1, 0.15) is 51.9 Å². The van der Waals surface area contributed by atoms with Crippen molar-refractivity contribution in [1.82, 2.24) is 9.80 Å². The molecule has 3 heteroatoms. The molecule has 3 nitrogen and oxygen atoms in total. The summed E-state index contributed by atoms with van der Waals surface area (Å²) < 4.78 is 0. The quantitative estimate of drug-likeness (QED) is 0.830. The minimum atomic E-state index is 0.834. The fourth-order valence-electron chi connectivity index (χ4n) is 3.86. The van der Waals surface area contributed by atoms with E-state index < -0.39 is 0 Å². The summed E-state index contributed by atoms with van der Waals surface area (Å²) in [4.78, 5) is 5.41. The fraction of sp³-hybridized carbons (Fsp3) is 1.00. The van der Waals surface area contributed by atoms with Gasteiger partial charge < -0.3 is 10.6 Å². The predicted molar refractivity (Wildman–Crippen MR) is 82.3 cm³/mol. The average Bonchev–Trinajstić information content (AvgIpc) is 2.70. The van der Waals surface area contributed by atoms with Crippen LogP contribution in [0.25, 0.3) is 0 Å². The normalized spacial score (nSPS) is 31.3. The summed E-state index contributed by atoms with van der Waals surface area (Å²) in [6.45, 7) is 9.54. The van der Waals surface area contributed by atoms with E-state index >= 15 is 0 Å². The summed E-state index contributed by atoms with van der Waals surface area (Å²) in [6, 6.07) is 0.883. The molecule has 1 heterocycles. The molecule has 1 aliphatic heterocycles. The van der Waals surface area contributed by atoms with Crippen molar-refractivity contribution >= 4 is 0 Å². The Bertz CT molecular complexity index is 244. The molecule has 0 radical (unpaired) electrons. The van der Waals surface area contributed by atoms with Crippen molar-refractivity contribution in [3.8, 4) is 0 Å². The summed E-state index contributed by atoms with van der Waals surface area (Å²) in [6.07, 6.45) is 9.71. The molecule has 19 heavy (non-hydrogen) atoms. The van der Waals surface area contributed by atoms with Gasteiger partial charge in [0.2, 0.25) is 0 Å². The van der Waals surface area contributed by atoms with Gasteiger partial charge in [-0.05, 0) is 57.8 Å².